The summed E-state index contributed by atoms with van der Waals surface area (Å²) in [6.07, 6.45) is 3.00. The molecule has 0 amide bonds. The minimum absolute atomic E-state index is 0.133. The van der Waals surface area contributed by atoms with Gasteiger partial charge in [-0.3, -0.25) is 4.79 Å². The van der Waals surface area contributed by atoms with Crippen LogP contribution >= 0.6 is 0 Å². The number of hydrogen-bond acceptors (Lipinski definition) is 2. The zero-order valence-electron chi connectivity index (χ0n) is 10.1. The minimum Gasteiger partial charge on any atom is -0.481 e. The van der Waals surface area contributed by atoms with Gasteiger partial charge in [0.1, 0.15) is 0 Å². The van der Waals surface area contributed by atoms with Crippen molar-refractivity contribution < 1.29 is 9.90 Å². The molecule has 0 saturated heterocycles. The number of carboxylic acids is 1. The van der Waals surface area contributed by atoms with Crippen LogP contribution < -0.4 is 5.73 Å². The minimum atomic E-state index is -0.782. The molecule has 1 aromatic rings. The highest BCUT2D eigenvalue weighted by Crippen LogP contribution is 2.34. The summed E-state index contributed by atoms with van der Waals surface area (Å²) in [6, 6.07) is 6.20. The first-order chi connectivity index (χ1) is 8.08. The van der Waals surface area contributed by atoms with Crippen molar-refractivity contribution in [3.8, 4) is 0 Å². The monoisotopic (exact) mass is 233 g/mol. The van der Waals surface area contributed by atoms with Crippen LogP contribution in [0.1, 0.15) is 54.8 Å². The molecule has 1 aliphatic rings. The highest BCUT2D eigenvalue weighted by atomic mass is 16.4. The quantitative estimate of drug-likeness (QED) is 0.840. The van der Waals surface area contributed by atoms with Crippen LogP contribution in [0, 0.1) is 0 Å². The second-order valence-electron chi connectivity index (χ2n) is 4.94. The van der Waals surface area contributed by atoms with Gasteiger partial charge in [0.2, 0.25) is 0 Å². The largest absolute Gasteiger partial charge is 0.481 e. The SMILES string of the molecule is CC1CCc2ccc(C(N)CCC(=O)O)cc21. The summed E-state index contributed by atoms with van der Waals surface area (Å²) >= 11 is 0. The third-order valence-electron chi connectivity index (χ3n) is 3.64. The van der Waals surface area contributed by atoms with E-state index in [2.05, 4.69) is 19.1 Å². The van der Waals surface area contributed by atoms with Gasteiger partial charge in [-0.15, -0.1) is 0 Å². The Balaban J connectivity index is 2.11. The van der Waals surface area contributed by atoms with E-state index < -0.39 is 5.97 Å². The second kappa shape index (κ2) is 4.88. The maximum absolute atomic E-state index is 10.5. The van der Waals surface area contributed by atoms with Crippen molar-refractivity contribution in [2.75, 3.05) is 0 Å². The molecule has 0 aliphatic heterocycles. The molecule has 2 rings (SSSR count). The van der Waals surface area contributed by atoms with Crippen LogP contribution in [0.2, 0.25) is 0 Å². The van der Waals surface area contributed by atoms with Crippen molar-refractivity contribution in [2.24, 2.45) is 5.73 Å². The van der Waals surface area contributed by atoms with Gasteiger partial charge in [0.15, 0.2) is 0 Å². The molecule has 92 valence electrons. The molecule has 0 fully saturated rings. The Labute approximate surface area is 102 Å². The first kappa shape index (κ1) is 12.1. The Morgan fingerprint density at radius 3 is 3.06 bits per heavy atom. The number of nitrogens with two attached hydrogens (primary N) is 1. The van der Waals surface area contributed by atoms with Gasteiger partial charge in [0.05, 0.1) is 0 Å². The van der Waals surface area contributed by atoms with Gasteiger partial charge in [0, 0.05) is 12.5 Å². The van der Waals surface area contributed by atoms with Gasteiger partial charge in [-0.1, -0.05) is 25.1 Å². The standard InChI is InChI=1S/C14H19NO2/c1-9-2-3-10-4-5-11(8-12(9)10)13(15)6-7-14(16)17/h4-5,8-9,13H,2-3,6-7,15H2,1H3,(H,16,17). The van der Waals surface area contributed by atoms with Crippen LogP contribution in [-0.4, -0.2) is 11.1 Å². The molecule has 0 saturated carbocycles. The van der Waals surface area contributed by atoms with Crippen LogP contribution in [0.3, 0.4) is 0 Å². The van der Waals surface area contributed by atoms with Crippen molar-refractivity contribution >= 4 is 5.97 Å². The molecule has 3 N–H and O–H groups in total. The number of carbonyl (C=O) groups is 1. The Morgan fingerprint density at radius 1 is 1.59 bits per heavy atom. The molecule has 1 aliphatic carbocycles. The van der Waals surface area contributed by atoms with E-state index in [9.17, 15) is 4.79 Å². The van der Waals surface area contributed by atoms with Crippen molar-refractivity contribution in [3.05, 3.63) is 34.9 Å². The molecule has 2 atom stereocenters. The van der Waals surface area contributed by atoms with Gasteiger partial charge < -0.3 is 10.8 Å². The van der Waals surface area contributed by atoms with Crippen LogP contribution in [0.5, 0.6) is 0 Å². The van der Waals surface area contributed by atoms with E-state index in [4.69, 9.17) is 10.8 Å². The highest BCUT2D eigenvalue weighted by Gasteiger charge is 2.19. The molecule has 3 nitrogen and oxygen atoms in total. The number of aryl methyl sites for hydroxylation is 1. The molecular formula is C14H19NO2. The topological polar surface area (TPSA) is 63.3 Å². The lowest BCUT2D eigenvalue weighted by molar-refractivity contribution is -0.137. The fourth-order valence-electron chi connectivity index (χ4n) is 2.50. The number of benzene rings is 1. The summed E-state index contributed by atoms with van der Waals surface area (Å²) in [5, 5.41) is 8.65. The Morgan fingerprint density at radius 2 is 2.35 bits per heavy atom. The summed E-state index contributed by atoms with van der Waals surface area (Å²) in [5.74, 6) is -0.174. The molecule has 0 radical (unpaired) electrons. The van der Waals surface area contributed by atoms with Gasteiger partial charge in [-0.25, -0.2) is 0 Å². The second-order valence-corrected chi connectivity index (χ2v) is 4.94. The lowest BCUT2D eigenvalue weighted by Gasteiger charge is -2.13. The van der Waals surface area contributed by atoms with E-state index in [0.717, 1.165) is 12.0 Å². The first-order valence-corrected chi connectivity index (χ1v) is 6.18. The molecule has 2 unspecified atom stereocenters. The summed E-state index contributed by atoms with van der Waals surface area (Å²) in [5.41, 5.74) is 9.91. The van der Waals surface area contributed by atoms with Crippen LogP contribution in [-0.2, 0) is 11.2 Å². The molecule has 0 spiro atoms. The predicted molar refractivity (Wildman–Crippen MR) is 67.0 cm³/mol. The average Bonchev–Trinajstić information content (AvgIpc) is 2.67. The molecule has 0 aromatic heterocycles. The lowest BCUT2D eigenvalue weighted by atomic mass is 9.96. The van der Waals surface area contributed by atoms with E-state index >= 15 is 0 Å². The molecule has 17 heavy (non-hydrogen) atoms. The maximum atomic E-state index is 10.5. The van der Waals surface area contributed by atoms with Crippen LogP contribution in [0.15, 0.2) is 18.2 Å². The van der Waals surface area contributed by atoms with E-state index in [0.29, 0.717) is 12.3 Å². The fourth-order valence-corrected chi connectivity index (χ4v) is 2.50. The Hall–Kier alpha value is -1.35. The average molecular weight is 233 g/mol. The number of aliphatic carboxylic acids is 1. The number of fused-ring (bicyclic) bond motifs is 1. The summed E-state index contributed by atoms with van der Waals surface area (Å²) in [7, 11) is 0. The van der Waals surface area contributed by atoms with Gasteiger partial charge in [-0.05, 0) is 41.9 Å². The number of rotatable bonds is 4. The highest BCUT2D eigenvalue weighted by molar-refractivity contribution is 5.66. The van der Waals surface area contributed by atoms with Crippen LogP contribution in [0.4, 0.5) is 0 Å². The third-order valence-corrected chi connectivity index (χ3v) is 3.64. The molecule has 1 aromatic carbocycles. The number of hydrogen-bond donors (Lipinski definition) is 2. The normalized spacial score (nSPS) is 20.0. The van der Waals surface area contributed by atoms with E-state index in [1.54, 1.807) is 0 Å². The van der Waals surface area contributed by atoms with Gasteiger partial charge in [0.25, 0.3) is 0 Å². The summed E-state index contributed by atoms with van der Waals surface area (Å²) < 4.78 is 0. The van der Waals surface area contributed by atoms with Crippen LogP contribution in [0.25, 0.3) is 0 Å². The van der Waals surface area contributed by atoms with Gasteiger partial charge in [-0.2, -0.15) is 0 Å². The number of carboxylic acid groups (broad SMARTS) is 1. The van der Waals surface area contributed by atoms with E-state index in [1.165, 1.54) is 17.5 Å². The predicted octanol–water partition coefficient (Wildman–Crippen LogP) is 2.60. The maximum Gasteiger partial charge on any atom is 0.303 e. The van der Waals surface area contributed by atoms with Crippen molar-refractivity contribution in [1.29, 1.82) is 0 Å². The summed E-state index contributed by atoms with van der Waals surface area (Å²) in [4.78, 5) is 10.5. The Kier molecular flexibility index (Phi) is 3.48. The molecule has 0 heterocycles. The van der Waals surface area contributed by atoms with Crippen molar-refractivity contribution in [3.63, 3.8) is 0 Å². The molecule has 0 bridgehead atoms. The first-order valence-electron chi connectivity index (χ1n) is 6.18. The smallest absolute Gasteiger partial charge is 0.303 e. The Bertz CT molecular complexity index is 428. The third kappa shape index (κ3) is 2.67. The van der Waals surface area contributed by atoms with Crippen molar-refractivity contribution in [1.82, 2.24) is 0 Å². The van der Waals surface area contributed by atoms with Gasteiger partial charge >= 0.3 is 5.97 Å². The lowest BCUT2D eigenvalue weighted by Crippen LogP contribution is -2.12. The fraction of sp³-hybridized carbons (Fsp3) is 0.500. The molecule has 3 heteroatoms. The summed E-state index contributed by atoms with van der Waals surface area (Å²) in [6.45, 7) is 2.23. The van der Waals surface area contributed by atoms with E-state index in [1.807, 2.05) is 6.07 Å². The zero-order valence-corrected chi connectivity index (χ0v) is 10.1. The van der Waals surface area contributed by atoms with Crippen molar-refractivity contribution in [2.45, 2.75) is 44.6 Å². The van der Waals surface area contributed by atoms with E-state index in [-0.39, 0.29) is 12.5 Å². The molecular weight excluding hydrogens is 214 g/mol. The zero-order chi connectivity index (χ0) is 12.4.